The highest BCUT2D eigenvalue weighted by Gasteiger charge is 2.25. The SMILES string of the molecule is C=C(C)C[C@H](c1ccc(O)cc1OC)N1CCNCC1. The van der Waals surface area contributed by atoms with Crippen LogP contribution in [0.5, 0.6) is 11.5 Å². The number of phenolic OH excluding ortho intramolecular Hbond substituents is 1. The molecular formula is C16H24N2O2. The van der Waals surface area contributed by atoms with Gasteiger partial charge in [0.15, 0.2) is 0 Å². The highest BCUT2D eigenvalue weighted by molar-refractivity contribution is 5.42. The zero-order valence-electron chi connectivity index (χ0n) is 12.4. The van der Waals surface area contributed by atoms with Crippen LogP contribution in [0.3, 0.4) is 0 Å². The first kappa shape index (κ1) is 14.9. The van der Waals surface area contributed by atoms with Crippen LogP contribution in [0.2, 0.25) is 0 Å². The van der Waals surface area contributed by atoms with Gasteiger partial charge in [-0.1, -0.05) is 11.6 Å². The molecule has 0 bridgehead atoms. The first-order valence-corrected chi connectivity index (χ1v) is 7.08. The van der Waals surface area contributed by atoms with Crippen molar-refractivity contribution >= 4 is 0 Å². The van der Waals surface area contributed by atoms with Crippen LogP contribution in [0, 0.1) is 0 Å². The van der Waals surface area contributed by atoms with Gasteiger partial charge >= 0.3 is 0 Å². The lowest BCUT2D eigenvalue weighted by Gasteiger charge is -2.36. The van der Waals surface area contributed by atoms with Crippen LogP contribution >= 0.6 is 0 Å². The number of methoxy groups -OCH3 is 1. The van der Waals surface area contributed by atoms with E-state index in [4.69, 9.17) is 4.74 Å². The summed E-state index contributed by atoms with van der Waals surface area (Å²) in [6.45, 7) is 10.2. The van der Waals surface area contributed by atoms with Crippen molar-refractivity contribution in [3.63, 3.8) is 0 Å². The maximum atomic E-state index is 9.62. The third-order valence-electron chi connectivity index (χ3n) is 3.71. The second kappa shape index (κ2) is 6.77. The van der Waals surface area contributed by atoms with Gasteiger partial charge in [-0.25, -0.2) is 0 Å². The number of hydrogen-bond donors (Lipinski definition) is 2. The largest absolute Gasteiger partial charge is 0.508 e. The van der Waals surface area contributed by atoms with Crippen LogP contribution in [-0.4, -0.2) is 43.3 Å². The molecule has 2 N–H and O–H groups in total. The van der Waals surface area contributed by atoms with E-state index in [9.17, 15) is 5.11 Å². The fourth-order valence-electron chi connectivity index (χ4n) is 2.73. The Kier molecular flexibility index (Phi) is 5.04. The van der Waals surface area contributed by atoms with E-state index >= 15 is 0 Å². The van der Waals surface area contributed by atoms with Gasteiger partial charge in [0.2, 0.25) is 0 Å². The Morgan fingerprint density at radius 3 is 2.75 bits per heavy atom. The van der Waals surface area contributed by atoms with Crippen LogP contribution in [0.15, 0.2) is 30.4 Å². The van der Waals surface area contributed by atoms with Crippen molar-refractivity contribution in [3.05, 3.63) is 35.9 Å². The van der Waals surface area contributed by atoms with Gasteiger partial charge in [0, 0.05) is 43.9 Å². The van der Waals surface area contributed by atoms with Gasteiger partial charge in [0.05, 0.1) is 7.11 Å². The normalized spacial score (nSPS) is 17.7. The summed E-state index contributed by atoms with van der Waals surface area (Å²) in [5, 5.41) is 13.0. The Hall–Kier alpha value is -1.52. The molecule has 1 aliphatic rings. The van der Waals surface area contributed by atoms with Crippen LogP contribution in [0.25, 0.3) is 0 Å². The van der Waals surface area contributed by atoms with Crippen molar-refractivity contribution in [3.8, 4) is 11.5 Å². The van der Waals surface area contributed by atoms with Crippen molar-refractivity contribution in [1.82, 2.24) is 10.2 Å². The number of benzene rings is 1. The second-order valence-electron chi connectivity index (χ2n) is 5.39. The Morgan fingerprint density at radius 2 is 2.15 bits per heavy atom. The minimum Gasteiger partial charge on any atom is -0.508 e. The number of rotatable bonds is 5. The summed E-state index contributed by atoms with van der Waals surface area (Å²) in [5.74, 6) is 0.981. The van der Waals surface area contributed by atoms with Gasteiger partial charge in [-0.15, -0.1) is 6.58 Å². The molecule has 1 aliphatic heterocycles. The Labute approximate surface area is 121 Å². The van der Waals surface area contributed by atoms with E-state index in [0.717, 1.165) is 49.5 Å². The van der Waals surface area contributed by atoms with Crippen molar-refractivity contribution in [2.24, 2.45) is 0 Å². The average Bonchev–Trinajstić information content (AvgIpc) is 2.45. The quantitative estimate of drug-likeness (QED) is 0.810. The van der Waals surface area contributed by atoms with Crippen molar-refractivity contribution in [2.75, 3.05) is 33.3 Å². The van der Waals surface area contributed by atoms with E-state index in [-0.39, 0.29) is 11.8 Å². The smallest absolute Gasteiger partial charge is 0.127 e. The maximum absolute atomic E-state index is 9.62. The van der Waals surface area contributed by atoms with Gasteiger partial charge in [-0.05, 0) is 19.4 Å². The maximum Gasteiger partial charge on any atom is 0.127 e. The van der Waals surface area contributed by atoms with Crippen LogP contribution in [0.4, 0.5) is 0 Å². The topological polar surface area (TPSA) is 44.7 Å². The number of piperazine rings is 1. The summed E-state index contributed by atoms with van der Waals surface area (Å²) in [7, 11) is 1.65. The molecule has 0 aliphatic carbocycles. The molecule has 20 heavy (non-hydrogen) atoms. The fraction of sp³-hybridized carbons (Fsp3) is 0.500. The highest BCUT2D eigenvalue weighted by Crippen LogP contribution is 2.35. The lowest BCUT2D eigenvalue weighted by Crippen LogP contribution is -2.45. The van der Waals surface area contributed by atoms with E-state index in [0.29, 0.717) is 0 Å². The Balaban J connectivity index is 2.31. The van der Waals surface area contributed by atoms with Gasteiger partial charge in [-0.2, -0.15) is 0 Å². The predicted octanol–water partition coefficient (Wildman–Crippen LogP) is 2.31. The summed E-state index contributed by atoms with van der Waals surface area (Å²) in [4.78, 5) is 2.46. The number of ether oxygens (including phenoxy) is 1. The molecule has 0 aromatic heterocycles. The predicted molar refractivity (Wildman–Crippen MR) is 81.3 cm³/mol. The molecule has 110 valence electrons. The third kappa shape index (κ3) is 3.52. The standard InChI is InChI=1S/C16H24N2O2/c1-12(2)10-15(18-8-6-17-7-9-18)14-5-4-13(19)11-16(14)20-3/h4-5,11,15,17,19H,1,6-10H2,2-3H3/t15-/m1/s1. The molecular weight excluding hydrogens is 252 g/mol. The van der Waals surface area contributed by atoms with Crippen LogP contribution in [-0.2, 0) is 0 Å². The van der Waals surface area contributed by atoms with Gasteiger partial charge in [0.25, 0.3) is 0 Å². The van der Waals surface area contributed by atoms with Crippen molar-refractivity contribution < 1.29 is 9.84 Å². The number of nitrogens with one attached hydrogen (secondary N) is 1. The van der Waals surface area contributed by atoms with E-state index in [1.165, 1.54) is 0 Å². The molecule has 4 heteroatoms. The second-order valence-corrected chi connectivity index (χ2v) is 5.39. The molecule has 1 aromatic carbocycles. The number of aromatic hydroxyl groups is 1. The molecule has 0 unspecified atom stereocenters. The van der Waals surface area contributed by atoms with Crippen molar-refractivity contribution in [2.45, 2.75) is 19.4 Å². The third-order valence-corrected chi connectivity index (χ3v) is 3.71. The molecule has 4 nitrogen and oxygen atoms in total. The number of nitrogens with zero attached hydrogens (tertiary/aromatic N) is 1. The van der Waals surface area contributed by atoms with Crippen molar-refractivity contribution in [1.29, 1.82) is 0 Å². The van der Waals surface area contributed by atoms with Crippen LogP contribution in [0.1, 0.15) is 24.9 Å². The summed E-state index contributed by atoms with van der Waals surface area (Å²) in [6, 6.07) is 5.63. The van der Waals surface area contributed by atoms with E-state index in [2.05, 4.69) is 23.7 Å². The van der Waals surface area contributed by atoms with Gasteiger partial charge in [0.1, 0.15) is 11.5 Å². The summed E-state index contributed by atoms with van der Waals surface area (Å²) in [6.07, 6.45) is 0.904. The molecule has 0 radical (unpaired) electrons. The summed E-state index contributed by atoms with van der Waals surface area (Å²) in [5.41, 5.74) is 2.28. The van der Waals surface area contributed by atoms with E-state index in [1.807, 2.05) is 6.07 Å². The molecule has 0 spiro atoms. The molecule has 1 saturated heterocycles. The Morgan fingerprint density at radius 1 is 1.45 bits per heavy atom. The van der Waals surface area contributed by atoms with E-state index < -0.39 is 0 Å². The number of hydrogen-bond acceptors (Lipinski definition) is 4. The highest BCUT2D eigenvalue weighted by atomic mass is 16.5. The molecule has 1 heterocycles. The molecule has 2 rings (SSSR count). The summed E-state index contributed by atoms with van der Waals surface area (Å²) < 4.78 is 5.45. The first-order valence-electron chi connectivity index (χ1n) is 7.08. The van der Waals surface area contributed by atoms with Crippen LogP contribution < -0.4 is 10.1 Å². The lowest BCUT2D eigenvalue weighted by atomic mass is 9.97. The minimum absolute atomic E-state index is 0.236. The van der Waals surface area contributed by atoms with Gasteiger partial charge in [-0.3, -0.25) is 4.90 Å². The lowest BCUT2D eigenvalue weighted by molar-refractivity contribution is 0.169. The minimum atomic E-state index is 0.236. The Bertz CT molecular complexity index is 468. The molecule has 0 amide bonds. The molecule has 0 saturated carbocycles. The summed E-state index contributed by atoms with van der Waals surface area (Å²) >= 11 is 0. The molecule has 1 fully saturated rings. The zero-order valence-corrected chi connectivity index (χ0v) is 12.4. The zero-order chi connectivity index (χ0) is 14.5. The number of phenols is 1. The monoisotopic (exact) mass is 276 g/mol. The molecule has 1 atom stereocenters. The first-order chi connectivity index (χ1) is 9.61. The fourth-order valence-corrected chi connectivity index (χ4v) is 2.73. The van der Waals surface area contributed by atoms with E-state index in [1.54, 1.807) is 19.2 Å². The molecule has 1 aromatic rings. The van der Waals surface area contributed by atoms with Gasteiger partial charge < -0.3 is 15.2 Å². The average molecular weight is 276 g/mol.